The first-order chi connectivity index (χ1) is 13.3. The molecule has 0 radical (unpaired) electrons. The van der Waals surface area contributed by atoms with E-state index < -0.39 is 23.8 Å². The van der Waals surface area contributed by atoms with Crippen molar-refractivity contribution in [3.05, 3.63) is 62.9 Å². The SMILES string of the molecule is COC(=O)[C@@H]1CSc2c(C3CC3)c(Cc3cccc(C(F)(F)F)c3)cc(=O)n21. The third kappa shape index (κ3) is 3.45. The third-order valence-electron chi connectivity index (χ3n) is 5.13. The maximum atomic E-state index is 13.0. The number of carbonyl (C=O) groups excluding carboxylic acids is 1. The van der Waals surface area contributed by atoms with Gasteiger partial charge in [0.1, 0.15) is 6.04 Å². The Bertz CT molecular complexity index is 995. The number of methoxy groups -OCH3 is 1. The van der Waals surface area contributed by atoms with Gasteiger partial charge in [-0.2, -0.15) is 13.2 Å². The number of alkyl halides is 3. The van der Waals surface area contributed by atoms with E-state index in [1.165, 1.54) is 35.6 Å². The van der Waals surface area contributed by atoms with E-state index in [1.54, 1.807) is 6.07 Å². The Morgan fingerprint density at radius 3 is 2.68 bits per heavy atom. The van der Waals surface area contributed by atoms with E-state index in [9.17, 15) is 22.8 Å². The predicted octanol–water partition coefficient (Wildman–Crippen LogP) is 4.16. The third-order valence-corrected chi connectivity index (χ3v) is 6.30. The minimum atomic E-state index is -4.41. The van der Waals surface area contributed by atoms with Crippen LogP contribution in [-0.2, 0) is 22.1 Å². The van der Waals surface area contributed by atoms with E-state index in [1.807, 2.05) is 0 Å². The Hall–Kier alpha value is -2.22. The number of fused-ring (bicyclic) bond motifs is 1. The van der Waals surface area contributed by atoms with Crippen molar-refractivity contribution in [1.82, 2.24) is 4.57 Å². The van der Waals surface area contributed by atoms with Gasteiger partial charge in [0.2, 0.25) is 0 Å². The molecule has 0 saturated heterocycles. The average Bonchev–Trinajstić information content (AvgIpc) is 3.38. The molecule has 2 aromatic rings. The van der Waals surface area contributed by atoms with E-state index in [0.717, 1.165) is 41.1 Å². The highest BCUT2D eigenvalue weighted by Gasteiger charge is 2.38. The lowest BCUT2D eigenvalue weighted by Crippen LogP contribution is -2.30. The topological polar surface area (TPSA) is 48.3 Å². The van der Waals surface area contributed by atoms with E-state index in [-0.39, 0.29) is 17.9 Å². The van der Waals surface area contributed by atoms with Gasteiger partial charge < -0.3 is 4.74 Å². The molecule has 1 aromatic heterocycles. The van der Waals surface area contributed by atoms with Crippen LogP contribution in [0.2, 0.25) is 0 Å². The zero-order valence-corrected chi connectivity index (χ0v) is 15.9. The molecule has 0 unspecified atom stereocenters. The average molecular weight is 409 g/mol. The number of hydrogen-bond acceptors (Lipinski definition) is 4. The summed E-state index contributed by atoms with van der Waals surface area (Å²) in [5.74, 6) is 0.251. The normalized spacial score (nSPS) is 18.8. The molecule has 1 aromatic carbocycles. The number of esters is 1. The molecule has 4 rings (SSSR count). The summed E-state index contributed by atoms with van der Waals surface area (Å²) in [6.45, 7) is 0. The quantitative estimate of drug-likeness (QED) is 0.712. The Labute approximate surface area is 163 Å². The number of rotatable bonds is 4. The number of pyridine rings is 1. The molecule has 1 atom stereocenters. The molecule has 1 saturated carbocycles. The minimum absolute atomic E-state index is 0.252. The number of benzene rings is 1. The largest absolute Gasteiger partial charge is 0.467 e. The summed E-state index contributed by atoms with van der Waals surface area (Å²) in [7, 11) is 1.29. The van der Waals surface area contributed by atoms with Crippen LogP contribution in [0.3, 0.4) is 0 Å². The Kier molecular flexibility index (Phi) is 4.77. The Morgan fingerprint density at radius 2 is 2.04 bits per heavy atom. The zero-order valence-electron chi connectivity index (χ0n) is 15.1. The van der Waals surface area contributed by atoms with Gasteiger partial charge in [-0.25, -0.2) is 4.79 Å². The lowest BCUT2D eigenvalue weighted by Gasteiger charge is -2.17. The molecule has 1 fully saturated rings. The highest BCUT2D eigenvalue weighted by atomic mass is 32.2. The first-order valence-corrected chi connectivity index (χ1v) is 9.93. The van der Waals surface area contributed by atoms with Gasteiger partial charge in [-0.05, 0) is 47.9 Å². The lowest BCUT2D eigenvalue weighted by atomic mass is 9.97. The van der Waals surface area contributed by atoms with Gasteiger partial charge in [-0.1, -0.05) is 18.2 Å². The molecule has 8 heteroatoms. The predicted molar refractivity (Wildman–Crippen MR) is 98.7 cm³/mol. The van der Waals surface area contributed by atoms with E-state index in [0.29, 0.717) is 11.3 Å². The molecule has 28 heavy (non-hydrogen) atoms. The number of carbonyl (C=O) groups is 1. The van der Waals surface area contributed by atoms with Crippen molar-refractivity contribution in [2.45, 2.75) is 42.4 Å². The summed E-state index contributed by atoms with van der Waals surface area (Å²) in [5.41, 5.74) is 1.23. The summed E-state index contributed by atoms with van der Waals surface area (Å²) in [6.07, 6.45) is -2.20. The number of aromatic nitrogens is 1. The number of nitrogens with zero attached hydrogens (tertiary/aromatic N) is 1. The highest BCUT2D eigenvalue weighted by molar-refractivity contribution is 7.99. The van der Waals surface area contributed by atoms with Crippen LogP contribution >= 0.6 is 11.8 Å². The molecule has 0 N–H and O–H groups in total. The lowest BCUT2D eigenvalue weighted by molar-refractivity contribution is -0.144. The van der Waals surface area contributed by atoms with Gasteiger partial charge in [-0.15, -0.1) is 11.8 Å². The van der Waals surface area contributed by atoms with Crippen LogP contribution < -0.4 is 5.56 Å². The first-order valence-electron chi connectivity index (χ1n) is 8.94. The molecular formula is C20H18F3NO3S. The molecule has 148 valence electrons. The maximum absolute atomic E-state index is 13.0. The Balaban J connectivity index is 1.77. The van der Waals surface area contributed by atoms with Crippen molar-refractivity contribution in [3.8, 4) is 0 Å². The summed E-state index contributed by atoms with van der Waals surface area (Å²) in [4.78, 5) is 24.8. The molecule has 2 aliphatic rings. The molecule has 0 amide bonds. The van der Waals surface area contributed by atoms with Gasteiger partial charge in [-0.3, -0.25) is 9.36 Å². The molecular weight excluding hydrogens is 391 g/mol. The van der Waals surface area contributed by atoms with E-state index in [2.05, 4.69) is 0 Å². The van der Waals surface area contributed by atoms with Gasteiger partial charge in [0.25, 0.3) is 5.56 Å². The van der Waals surface area contributed by atoms with Crippen LogP contribution in [-0.4, -0.2) is 23.4 Å². The van der Waals surface area contributed by atoms with Crippen molar-refractivity contribution in [2.75, 3.05) is 12.9 Å². The number of ether oxygens (including phenoxy) is 1. The summed E-state index contributed by atoms with van der Waals surface area (Å²) in [5, 5.41) is 0.757. The first kappa shape index (κ1) is 19.1. The smallest absolute Gasteiger partial charge is 0.416 e. The minimum Gasteiger partial charge on any atom is -0.467 e. The molecule has 0 bridgehead atoms. The molecule has 2 heterocycles. The van der Waals surface area contributed by atoms with Crippen LogP contribution in [0.25, 0.3) is 0 Å². The van der Waals surface area contributed by atoms with Gasteiger partial charge >= 0.3 is 12.1 Å². The van der Waals surface area contributed by atoms with Crippen LogP contribution in [0.4, 0.5) is 13.2 Å². The second kappa shape index (κ2) is 6.99. The second-order valence-corrected chi connectivity index (χ2v) is 8.10. The fourth-order valence-corrected chi connectivity index (χ4v) is 5.09. The monoisotopic (exact) mass is 409 g/mol. The van der Waals surface area contributed by atoms with Crippen LogP contribution in [0, 0.1) is 0 Å². The standard InChI is InChI=1S/C20H18F3NO3S/c1-27-19(26)15-10-28-18-17(12-5-6-12)13(9-16(25)24(15)18)7-11-3-2-4-14(8-11)20(21,22)23/h2-4,8-9,12,15H,5-7,10H2,1H3/t15-/m0/s1. The number of thioether (sulfide) groups is 1. The molecule has 1 aliphatic heterocycles. The van der Waals surface area contributed by atoms with E-state index >= 15 is 0 Å². The van der Waals surface area contributed by atoms with Crippen molar-refractivity contribution < 1.29 is 22.7 Å². The van der Waals surface area contributed by atoms with Crippen molar-refractivity contribution in [2.24, 2.45) is 0 Å². The van der Waals surface area contributed by atoms with E-state index in [4.69, 9.17) is 4.74 Å². The molecule has 4 nitrogen and oxygen atoms in total. The van der Waals surface area contributed by atoms with Crippen molar-refractivity contribution >= 4 is 17.7 Å². The van der Waals surface area contributed by atoms with Crippen molar-refractivity contribution in [3.63, 3.8) is 0 Å². The second-order valence-electron chi connectivity index (χ2n) is 7.10. The molecule has 1 aliphatic carbocycles. The highest BCUT2D eigenvalue weighted by Crippen LogP contribution is 2.48. The molecule has 0 spiro atoms. The van der Waals surface area contributed by atoms with Gasteiger partial charge in [0.15, 0.2) is 0 Å². The van der Waals surface area contributed by atoms with Crippen LogP contribution in [0.15, 0.2) is 40.2 Å². The van der Waals surface area contributed by atoms with Gasteiger partial charge in [0.05, 0.1) is 17.7 Å². The number of hydrogen-bond donors (Lipinski definition) is 0. The summed E-state index contributed by atoms with van der Waals surface area (Å²) in [6, 6.07) is 6.01. The maximum Gasteiger partial charge on any atom is 0.416 e. The number of halogens is 3. The van der Waals surface area contributed by atoms with Crippen LogP contribution in [0.5, 0.6) is 0 Å². The zero-order chi connectivity index (χ0) is 20.1. The fourth-order valence-electron chi connectivity index (χ4n) is 3.68. The van der Waals surface area contributed by atoms with Crippen LogP contribution in [0.1, 0.15) is 47.1 Å². The summed E-state index contributed by atoms with van der Waals surface area (Å²) < 4.78 is 45.4. The fraction of sp³-hybridized carbons (Fsp3) is 0.400. The Morgan fingerprint density at radius 1 is 1.29 bits per heavy atom. The van der Waals surface area contributed by atoms with Gasteiger partial charge in [0, 0.05) is 11.8 Å². The summed E-state index contributed by atoms with van der Waals surface area (Å²) >= 11 is 1.44. The van der Waals surface area contributed by atoms with Crippen molar-refractivity contribution in [1.29, 1.82) is 0 Å².